The third-order valence-electron chi connectivity index (χ3n) is 5.46. The van der Waals surface area contributed by atoms with Gasteiger partial charge in [-0.15, -0.1) is 0 Å². The Morgan fingerprint density at radius 3 is 2.72 bits per heavy atom. The van der Waals surface area contributed by atoms with Gasteiger partial charge in [0.15, 0.2) is 5.65 Å². The van der Waals surface area contributed by atoms with Crippen LogP contribution in [0.3, 0.4) is 0 Å². The molecular weight excluding hydrogens is 373 g/mol. The van der Waals surface area contributed by atoms with Crippen molar-refractivity contribution in [2.45, 2.75) is 0 Å². The standard InChI is InChI=1S/C20H26FN7O/c1-25-7-10-27(11-8-25)12-9-26(2)19-5-6-28-20(24-19)17(14-23-28)16-13-15(29-22)3-4-18(16)21/h3-6,13-14H,7-12,22H2,1-2H3. The number of fused-ring (bicyclic) bond motifs is 1. The van der Waals surface area contributed by atoms with Crippen LogP contribution in [0.25, 0.3) is 16.8 Å². The normalized spacial score (nSPS) is 15.7. The summed E-state index contributed by atoms with van der Waals surface area (Å²) in [6, 6.07) is 6.28. The van der Waals surface area contributed by atoms with Gasteiger partial charge in [0.25, 0.3) is 0 Å². The molecule has 3 aromatic rings. The predicted molar refractivity (Wildman–Crippen MR) is 110 cm³/mol. The van der Waals surface area contributed by atoms with Gasteiger partial charge in [-0.25, -0.2) is 13.9 Å². The monoisotopic (exact) mass is 399 g/mol. The van der Waals surface area contributed by atoms with E-state index in [1.807, 2.05) is 19.3 Å². The minimum absolute atomic E-state index is 0.354. The van der Waals surface area contributed by atoms with E-state index >= 15 is 0 Å². The number of nitrogens with zero attached hydrogens (tertiary/aromatic N) is 6. The molecule has 4 rings (SSSR count). The molecule has 0 atom stereocenters. The summed E-state index contributed by atoms with van der Waals surface area (Å²) in [6.45, 7) is 6.22. The first-order chi connectivity index (χ1) is 14.0. The van der Waals surface area contributed by atoms with E-state index in [1.165, 1.54) is 12.1 Å². The first-order valence-corrected chi connectivity index (χ1v) is 9.68. The Morgan fingerprint density at radius 1 is 1.17 bits per heavy atom. The molecule has 1 aliphatic heterocycles. The van der Waals surface area contributed by atoms with Crippen LogP contribution in [-0.4, -0.2) is 77.8 Å². The molecule has 2 N–H and O–H groups in total. The van der Waals surface area contributed by atoms with Gasteiger partial charge in [-0.3, -0.25) is 4.90 Å². The second-order valence-electron chi connectivity index (χ2n) is 7.44. The molecule has 1 aliphatic rings. The Labute approximate surface area is 169 Å². The summed E-state index contributed by atoms with van der Waals surface area (Å²) in [5.74, 6) is 6.05. The summed E-state index contributed by atoms with van der Waals surface area (Å²) in [5, 5.41) is 4.30. The molecule has 0 saturated carbocycles. The summed E-state index contributed by atoms with van der Waals surface area (Å²) in [4.78, 5) is 16.4. The lowest BCUT2D eigenvalue weighted by Crippen LogP contribution is -2.46. The fourth-order valence-electron chi connectivity index (χ4n) is 3.52. The van der Waals surface area contributed by atoms with Gasteiger partial charge < -0.3 is 14.6 Å². The van der Waals surface area contributed by atoms with Crippen LogP contribution in [-0.2, 0) is 0 Å². The maximum absolute atomic E-state index is 14.4. The number of likely N-dealkylation sites (N-methyl/N-ethyl adjacent to an activating group) is 2. The number of hydrogen-bond donors (Lipinski definition) is 1. The highest BCUT2D eigenvalue weighted by molar-refractivity contribution is 5.78. The zero-order chi connectivity index (χ0) is 20.4. The summed E-state index contributed by atoms with van der Waals surface area (Å²) in [7, 11) is 4.18. The number of rotatable bonds is 6. The molecule has 1 aromatic carbocycles. The first-order valence-electron chi connectivity index (χ1n) is 9.68. The Bertz CT molecular complexity index is 984. The van der Waals surface area contributed by atoms with E-state index in [9.17, 15) is 4.39 Å². The zero-order valence-electron chi connectivity index (χ0n) is 16.8. The smallest absolute Gasteiger partial charge is 0.165 e. The van der Waals surface area contributed by atoms with Crippen LogP contribution in [0.1, 0.15) is 0 Å². The van der Waals surface area contributed by atoms with Crippen molar-refractivity contribution in [3.8, 4) is 16.9 Å². The van der Waals surface area contributed by atoms with Gasteiger partial charge >= 0.3 is 0 Å². The molecule has 29 heavy (non-hydrogen) atoms. The van der Waals surface area contributed by atoms with Crippen molar-refractivity contribution in [2.75, 3.05) is 58.3 Å². The average molecular weight is 399 g/mol. The quantitative estimate of drug-likeness (QED) is 0.629. The van der Waals surface area contributed by atoms with Crippen LogP contribution in [0.5, 0.6) is 5.75 Å². The van der Waals surface area contributed by atoms with Crippen LogP contribution in [0.2, 0.25) is 0 Å². The molecular formula is C20H26FN7O. The fraction of sp³-hybridized carbons (Fsp3) is 0.400. The predicted octanol–water partition coefficient (Wildman–Crippen LogP) is 1.47. The van der Waals surface area contributed by atoms with Crippen LogP contribution < -0.4 is 15.6 Å². The second-order valence-corrected chi connectivity index (χ2v) is 7.44. The SMILES string of the molecule is CN1CCN(CCN(C)c2ccn3ncc(-c4cc(ON)ccc4F)c3n2)CC1. The highest BCUT2D eigenvalue weighted by Gasteiger charge is 2.17. The highest BCUT2D eigenvalue weighted by Crippen LogP contribution is 2.30. The van der Waals surface area contributed by atoms with Crippen LogP contribution in [0.15, 0.2) is 36.7 Å². The summed E-state index contributed by atoms with van der Waals surface area (Å²) in [5.41, 5.74) is 1.53. The Morgan fingerprint density at radius 2 is 1.97 bits per heavy atom. The largest absolute Gasteiger partial charge is 0.412 e. The van der Waals surface area contributed by atoms with Gasteiger partial charge in [0.2, 0.25) is 0 Å². The Hall–Kier alpha value is -2.75. The van der Waals surface area contributed by atoms with Gasteiger partial charge in [0.1, 0.15) is 17.4 Å². The lowest BCUT2D eigenvalue weighted by Gasteiger charge is -2.33. The highest BCUT2D eigenvalue weighted by atomic mass is 19.1. The molecule has 154 valence electrons. The van der Waals surface area contributed by atoms with E-state index in [0.717, 1.165) is 45.1 Å². The third-order valence-corrected chi connectivity index (χ3v) is 5.46. The van der Waals surface area contributed by atoms with E-state index < -0.39 is 0 Å². The van der Waals surface area contributed by atoms with Crippen molar-refractivity contribution in [1.29, 1.82) is 0 Å². The minimum Gasteiger partial charge on any atom is -0.412 e. The van der Waals surface area contributed by atoms with Crippen LogP contribution in [0.4, 0.5) is 10.2 Å². The fourth-order valence-corrected chi connectivity index (χ4v) is 3.52. The van der Waals surface area contributed by atoms with Gasteiger partial charge in [0, 0.05) is 63.6 Å². The number of anilines is 1. The van der Waals surface area contributed by atoms with Crippen molar-refractivity contribution in [3.63, 3.8) is 0 Å². The van der Waals surface area contributed by atoms with Crippen molar-refractivity contribution in [3.05, 3.63) is 42.5 Å². The van der Waals surface area contributed by atoms with Gasteiger partial charge in [-0.2, -0.15) is 11.0 Å². The minimum atomic E-state index is -0.378. The molecule has 0 radical (unpaired) electrons. The number of aromatic nitrogens is 3. The summed E-state index contributed by atoms with van der Waals surface area (Å²) in [6.07, 6.45) is 3.45. The van der Waals surface area contributed by atoms with E-state index in [0.29, 0.717) is 22.5 Å². The first kappa shape index (κ1) is 19.6. The maximum Gasteiger partial charge on any atom is 0.165 e. The number of nitrogens with two attached hydrogens (primary N) is 1. The zero-order valence-corrected chi connectivity index (χ0v) is 16.8. The van der Waals surface area contributed by atoms with Gasteiger partial charge in [-0.05, 0) is 31.3 Å². The van der Waals surface area contributed by atoms with E-state index in [2.05, 4.69) is 26.8 Å². The van der Waals surface area contributed by atoms with E-state index in [1.54, 1.807) is 16.8 Å². The number of halogens is 1. The summed E-state index contributed by atoms with van der Waals surface area (Å²) < 4.78 is 16.1. The molecule has 1 fully saturated rings. The Balaban J connectivity index is 1.55. The van der Waals surface area contributed by atoms with E-state index in [4.69, 9.17) is 15.7 Å². The molecule has 2 aromatic heterocycles. The molecule has 0 unspecified atom stereocenters. The molecule has 0 amide bonds. The molecule has 0 aliphatic carbocycles. The van der Waals surface area contributed by atoms with Crippen molar-refractivity contribution >= 4 is 11.5 Å². The van der Waals surface area contributed by atoms with E-state index in [-0.39, 0.29) is 5.82 Å². The molecule has 9 heteroatoms. The Kier molecular flexibility index (Phi) is 5.61. The molecule has 1 saturated heterocycles. The topological polar surface area (TPSA) is 75.2 Å². The molecule has 8 nitrogen and oxygen atoms in total. The summed E-state index contributed by atoms with van der Waals surface area (Å²) >= 11 is 0. The van der Waals surface area contributed by atoms with Gasteiger partial charge in [0.05, 0.1) is 6.20 Å². The molecule has 3 heterocycles. The lowest BCUT2D eigenvalue weighted by atomic mass is 10.1. The van der Waals surface area contributed by atoms with Crippen molar-refractivity contribution < 1.29 is 9.23 Å². The van der Waals surface area contributed by atoms with Crippen LogP contribution >= 0.6 is 0 Å². The number of benzene rings is 1. The third kappa shape index (κ3) is 4.16. The van der Waals surface area contributed by atoms with Crippen molar-refractivity contribution in [1.82, 2.24) is 24.4 Å². The molecule has 0 bridgehead atoms. The number of piperazine rings is 1. The lowest BCUT2D eigenvalue weighted by molar-refractivity contribution is 0.157. The van der Waals surface area contributed by atoms with Crippen LogP contribution in [0, 0.1) is 5.82 Å². The van der Waals surface area contributed by atoms with Crippen molar-refractivity contribution in [2.24, 2.45) is 5.90 Å². The number of hydrogen-bond acceptors (Lipinski definition) is 7. The maximum atomic E-state index is 14.4. The van der Waals surface area contributed by atoms with Gasteiger partial charge in [-0.1, -0.05) is 0 Å². The second kappa shape index (κ2) is 8.32. The molecule has 0 spiro atoms. The average Bonchev–Trinajstić information content (AvgIpc) is 3.16.